The molecule has 89 heavy (non-hydrogen) atoms. The van der Waals surface area contributed by atoms with Crippen LogP contribution in [0.4, 0.5) is 8.78 Å². The van der Waals surface area contributed by atoms with E-state index in [1.165, 1.54) is 93.5 Å². The van der Waals surface area contributed by atoms with E-state index in [0.29, 0.717) is 94.3 Å². The van der Waals surface area contributed by atoms with Crippen molar-refractivity contribution in [1.29, 1.82) is 0 Å². The maximum absolute atomic E-state index is 13.8. The average molecular weight is 1240 g/mol. The number of ketones is 2. The second-order valence-electron chi connectivity index (χ2n) is 22.6. The van der Waals surface area contributed by atoms with Crippen LogP contribution in [-0.4, -0.2) is 167 Å². The fourth-order valence-corrected chi connectivity index (χ4v) is 12.7. The lowest BCUT2D eigenvalue weighted by atomic mass is 10.0. The Hall–Kier alpha value is -9.05. The number of likely N-dealkylation sites (N-methyl/N-ethyl adjacent to an activating group) is 2. The zero-order chi connectivity index (χ0) is 64.6. The van der Waals surface area contributed by atoms with E-state index in [-0.39, 0.29) is 58.7 Å². The number of halogens is 2. The Morgan fingerprint density at radius 1 is 0.562 bits per heavy atom. The number of carbonyl (C=O) groups is 6. The predicted molar refractivity (Wildman–Crippen MR) is 338 cm³/mol. The standard InChI is InChI=1S/C27H32FN5O4.C27H31FN4O4.C12H12NO2P/c1-16-13-32(17(2)12-31(16)14-18-6-8-19(28)9-7-18)26(35)21-10-20-22(25(34)27(36)30(3)4)15-33(29)23(20)11-24(21)37-5;1-16-14-32(17(2)13-31(16)15-18-6-8-19(28)9-7-18)26(34)21-10-20-22(25(33)27(35)30(3)4)12-29-23(20)11-24(21)36-5;13-15-16(14,11-7-3-1-4-8-11)12-9-5-2-6-10-12/h6-11,15-17H,12-14,29H2,1-5H3;6-12,16-17,29H,13-15H2,1-5H3;1-10H,13H2/t2*16-,17+;/m00./s1. The molecule has 2 fully saturated rings. The highest BCUT2D eigenvalue weighted by atomic mass is 31.2. The van der Waals surface area contributed by atoms with E-state index in [1.807, 2.05) is 62.1 Å². The molecular formula is C66H75F2N10O10P. The number of amides is 4. The summed E-state index contributed by atoms with van der Waals surface area (Å²) in [6.07, 6.45) is 2.88. The maximum atomic E-state index is 13.8. The zero-order valence-corrected chi connectivity index (χ0v) is 52.4. The van der Waals surface area contributed by atoms with E-state index in [1.54, 1.807) is 77.7 Å². The van der Waals surface area contributed by atoms with Gasteiger partial charge < -0.3 is 39.9 Å². The summed E-state index contributed by atoms with van der Waals surface area (Å²) in [6, 6.07) is 37.3. The van der Waals surface area contributed by atoms with E-state index in [0.717, 1.165) is 11.1 Å². The molecule has 0 aliphatic carbocycles. The third-order valence-corrected chi connectivity index (χ3v) is 18.3. The van der Waals surface area contributed by atoms with Gasteiger partial charge in [-0.15, -0.1) is 0 Å². The van der Waals surface area contributed by atoms with E-state index in [4.69, 9.17) is 25.8 Å². The number of Topliss-reactive ketones (excluding diaryl/α,β-unsaturated/α-hetero) is 2. The van der Waals surface area contributed by atoms with Crippen molar-refractivity contribution in [1.82, 2.24) is 39.1 Å². The molecule has 0 unspecified atom stereocenters. The number of nitrogen functional groups attached to an aromatic ring is 1. The highest BCUT2D eigenvalue weighted by Gasteiger charge is 2.37. The summed E-state index contributed by atoms with van der Waals surface area (Å²) < 4.78 is 56.3. The van der Waals surface area contributed by atoms with Crippen molar-refractivity contribution in [3.05, 3.63) is 191 Å². The van der Waals surface area contributed by atoms with Crippen LogP contribution >= 0.6 is 7.37 Å². The predicted octanol–water partition coefficient (Wildman–Crippen LogP) is 7.64. The SMILES string of the molecule is COc1cc2[nH]cc(C(=O)C(=O)N(C)C)c2cc1C(=O)N1C[C@H](C)N(Cc2ccc(F)cc2)C[C@H]1C.COc1cc2c(cc1C(=O)N1C[C@H](C)N(Cc3ccc(F)cc3)C[C@H]1C)c(C(=O)C(=O)N(C)C)cn2N.NOP(=O)(c1ccccc1)c1ccccc1. The lowest BCUT2D eigenvalue weighted by Crippen LogP contribution is -2.57. The second kappa shape index (κ2) is 28.4. The molecule has 0 bridgehead atoms. The summed E-state index contributed by atoms with van der Waals surface area (Å²) in [5.74, 6) is 8.35. The number of nitrogens with zero attached hydrogens (tertiary/aromatic N) is 7. The van der Waals surface area contributed by atoms with E-state index in [2.05, 4.69) is 21.7 Å². The highest BCUT2D eigenvalue weighted by molar-refractivity contribution is 7.74. The number of benzene rings is 6. The summed E-state index contributed by atoms with van der Waals surface area (Å²) in [5.41, 5.74) is 4.05. The molecule has 0 saturated carbocycles. The summed E-state index contributed by atoms with van der Waals surface area (Å²) in [7, 11) is 5.87. The third-order valence-electron chi connectivity index (χ3n) is 16.0. The molecule has 20 nitrogen and oxygen atoms in total. The smallest absolute Gasteiger partial charge is 0.294 e. The number of aromatic amines is 1. The van der Waals surface area contributed by atoms with Crippen LogP contribution in [0.3, 0.4) is 0 Å². The average Bonchev–Trinajstić information content (AvgIpc) is 1.85. The normalized spacial score (nSPS) is 17.0. The number of nitrogens with two attached hydrogens (primary N) is 2. The Kier molecular flexibility index (Phi) is 21.0. The fourth-order valence-electron chi connectivity index (χ4n) is 11.0. The van der Waals surface area contributed by atoms with Crippen LogP contribution in [0.15, 0.2) is 146 Å². The summed E-state index contributed by atoms with van der Waals surface area (Å²) >= 11 is 0. The molecule has 2 aliphatic heterocycles. The largest absolute Gasteiger partial charge is 0.496 e. The van der Waals surface area contributed by atoms with Gasteiger partial charge in [-0.1, -0.05) is 60.7 Å². The molecule has 8 aromatic rings. The van der Waals surface area contributed by atoms with Gasteiger partial charge in [-0.2, -0.15) is 0 Å². The third kappa shape index (κ3) is 14.6. The number of ether oxygens (including phenoxy) is 2. The first-order valence-corrected chi connectivity index (χ1v) is 30.4. The first-order chi connectivity index (χ1) is 42.4. The summed E-state index contributed by atoms with van der Waals surface area (Å²) in [6.45, 7) is 11.7. The molecule has 468 valence electrons. The first-order valence-electron chi connectivity index (χ1n) is 28.8. The van der Waals surface area contributed by atoms with Crippen molar-refractivity contribution in [2.75, 3.05) is 74.4 Å². The summed E-state index contributed by atoms with van der Waals surface area (Å²) in [5, 5.41) is 2.10. The van der Waals surface area contributed by atoms with Crippen LogP contribution in [0, 0.1) is 11.6 Å². The Bertz CT molecular complexity index is 3880. The molecule has 4 heterocycles. The van der Waals surface area contributed by atoms with Crippen molar-refractivity contribution in [3.8, 4) is 11.5 Å². The van der Waals surface area contributed by atoms with Crippen molar-refractivity contribution >= 4 is 75.0 Å². The monoisotopic (exact) mass is 1240 g/mol. The van der Waals surface area contributed by atoms with Gasteiger partial charge in [0.1, 0.15) is 23.1 Å². The number of nitrogens with one attached hydrogen (secondary N) is 1. The van der Waals surface area contributed by atoms with Gasteiger partial charge in [0.15, 0.2) is 0 Å². The van der Waals surface area contributed by atoms with Crippen LogP contribution in [0.2, 0.25) is 0 Å². The number of rotatable bonds is 15. The lowest BCUT2D eigenvalue weighted by Gasteiger charge is -2.44. The number of aromatic nitrogens is 2. The molecule has 2 aliphatic rings. The van der Waals surface area contributed by atoms with Gasteiger partial charge in [0.25, 0.3) is 42.6 Å². The molecule has 0 spiro atoms. The molecule has 4 atom stereocenters. The quantitative estimate of drug-likeness (QED) is 0.0294. The fraction of sp³-hybridized carbons (Fsp3) is 0.303. The Morgan fingerprint density at radius 2 is 0.978 bits per heavy atom. The molecule has 23 heteroatoms. The first kappa shape index (κ1) is 65.9. The topological polar surface area (TPSA) is 239 Å². The number of H-pyrrole nitrogens is 1. The minimum Gasteiger partial charge on any atom is -0.496 e. The van der Waals surface area contributed by atoms with Crippen molar-refractivity contribution < 1.29 is 56.2 Å². The second-order valence-corrected chi connectivity index (χ2v) is 25.0. The summed E-state index contributed by atoms with van der Waals surface area (Å²) in [4.78, 5) is 91.3. The number of fused-ring (bicyclic) bond motifs is 2. The molecule has 2 saturated heterocycles. The molecule has 6 aromatic carbocycles. The number of methoxy groups -OCH3 is 2. The van der Waals surface area contributed by atoms with Crippen molar-refractivity contribution in [2.45, 2.75) is 65.0 Å². The zero-order valence-electron chi connectivity index (χ0n) is 51.5. The van der Waals surface area contributed by atoms with Crippen LogP contribution in [0.1, 0.15) is 80.3 Å². The Balaban J connectivity index is 0.000000185. The van der Waals surface area contributed by atoms with Gasteiger partial charge in [0, 0.05) is 143 Å². The molecular weight excluding hydrogens is 1160 g/mol. The van der Waals surface area contributed by atoms with Gasteiger partial charge in [0.05, 0.1) is 42.0 Å². The molecule has 0 radical (unpaired) electrons. The number of hydrogen-bond donors (Lipinski definition) is 3. The number of carbonyl (C=O) groups excluding carboxylic acids is 6. The molecule has 10 rings (SSSR count). The highest BCUT2D eigenvalue weighted by Crippen LogP contribution is 2.42. The number of piperazine rings is 2. The van der Waals surface area contributed by atoms with Crippen molar-refractivity contribution in [2.24, 2.45) is 5.90 Å². The molecule has 5 N–H and O–H groups in total. The molecule has 2 aromatic heterocycles. The van der Waals surface area contributed by atoms with E-state index >= 15 is 0 Å². The van der Waals surface area contributed by atoms with E-state index in [9.17, 15) is 42.1 Å². The Morgan fingerprint density at radius 3 is 1.39 bits per heavy atom. The van der Waals surface area contributed by atoms with Crippen LogP contribution in [-0.2, 0) is 31.9 Å². The minimum absolute atomic E-state index is 0.0555. The van der Waals surface area contributed by atoms with Crippen LogP contribution < -0.4 is 31.8 Å². The van der Waals surface area contributed by atoms with Crippen LogP contribution in [0.25, 0.3) is 21.8 Å². The lowest BCUT2D eigenvalue weighted by molar-refractivity contribution is -0.124. The van der Waals surface area contributed by atoms with Gasteiger partial charge in [0.2, 0.25) is 0 Å². The van der Waals surface area contributed by atoms with Crippen LogP contribution in [0.5, 0.6) is 11.5 Å². The van der Waals surface area contributed by atoms with Gasteiger partial charge in [-0.3, -0.25) is 47.8 Å². The van der Waals surface area contributed by atoms with Crippen molar-refractivity contribution in [3.63, 3.8) is 0 Å². The molecule has 4 amide bonds. The number of hydrogen-bond acceptors (Lipinski definition) is 14. The maximum Gasteiger partial charge on any atom is 0.294 e. The van der Waals surface area contributed by atoms with Gasteiger partial charge in [-0.25, -0.2) is 19.3 Å². The van der Waals surface area contributed by atoms with Gasteiger partial charge >= 0.3 is 0 Å². The van der Waals surface area contributed by atoms with Gasteiger partial charge in [-0.05, 0) is 99.5 Å². The Labute approximate surface area is 515 Å². The minimum atomic E-state index is -3.13. The van der Waals surface area contributed by atoms with E-state index < -0.39 is 30.7 Å².